The topological polar surface area (TPSA) is 119 Å². The van der Waals surface area contributed by atoms with Gasteiger partial charge < -0.3 is 10.1 Å². The highest BCUT2D eigenvalue weighted by Crippen LogP contribution is 2.29. The number of hydrogen-bond donors (Lipinski definition) is 1. The van der Waals surface area contributed by atoms with Crippen LogP contribution < -0.4 is 14.4 Å². The SMILES string of the molecule is COc1ccc(N(CC(=O)NCCSCc2ccccc2Cl)S(=O)(=O)c2ccc(C)c([N+](=O)[O-])c2)cc1. The smallest absolute Gasteiger partial charge is 0.273 e. The van der Waals surface area contributed by atoms with Gasteiger partial charge in [0.05, 0.1) is 22.6 Å². The molecule has 0 saturated heterocycles. The second-order valence-corrected chi connectivity index (χ2v) is 11.3. The summed E-state index contributed by atoms with van der Waals surface area (Å²) in [7, 11) is -2.83. The summed E-state index contributed by atoms with van der Waals surface area (Å²) in [5.41, 5.74) is 1.21. The number of hydrogen-bond acceptors (Lipinski definition) is 7. The molecule has 0 spiro atoms. The van der Waals surface area contributed by atoms with Gasteiger partial charge in [-0.05, 0) is 48.9 Å². The third-order valence-corrected chi connectivity index (χ3v) is 8.54. The molecular formula is C25H26ClN3O6S2. The van der Waals surface area contributed by atoms with E-state index in [9.17, 15) is 23.3 Å². The minimum Gasteiger partial charge on any atom is -0.497 e. The number of nitro groups is 1. The van der Waals surface area contributed by atoms with Crippen LogP contribution in [-0.4, -0.2) is 45.2 Å². The number of anilines is 1. The van der Waals surface area contributed by atoms with Crippen molar-refractivity contribution in [3.8, 4) is 5.75 Å². The van der Waals surface area contributed by atoms with Crippen molar-refractivity contribution in [2.45, 2.75) is 17.6 Å². The van der Waals surface area contributed by atoms with Crippen molar-refractivity contribution < 1.29 is 22.9 Å². The molecule has 1 N–H and O–H groups in total. The third-order valence-electron chi connectivity index (χ3n) is 5.40. The zero-order chi connectivity index (χ0) is 27.0. The van der Waals surface area contributed by atoms with Crippen LogP contribution in [0.15, 0.2) is 71.6 Å². The highest BCUT2D eigenvalue weighted by atomic mass is 35.5. The number of nitrogens with zero attached hydrogens (tertiary/aromatic N) is 2. The lowest BCUT2D eigenvalue weighted by atomic mass is 10.2. The Morgan fingerprint density at radius 1 is 1.14 bits per heavy atom. The van der Waals surface area contributed by atoms with E-state index in [1.807, 2.05) is 24.3 Å². The molecule has 0 fully saturated rings. The van der Waals surface area contributed by atoms with Crippen LogP contribution in [0, 0.1) is 17.0 Å². The highest BCUT2D eigenvalue weighted by Gasteiger charge is 2.29. The molecule has 0 radical (unpaired) electrons. The van der Waals surface area contributed by atoms with E-state index in [0.717, 1.165) is 15.9 Å². The Labute approximate surface area is 225 Å². The summed E-state index contributed by atoms with van der Waals surface area (Å²) < 4.78 is 33.2. The van der Waals surface area contributed by atoms with Crippen molar-refractivity contribution >= 4 is 50.7 Å². The Balaban J connectivity index is 1.75. The Bertz CT molecular complexity index is 1370. The quantitative estimate of drug-likeness (QED) is 0.191. The molecule has 0 aromatic heterocycles. The molecule has 3 aromatic carbocycles. The number of rotatable bonds is 12. The second kappa shape index (κ2) is 12.8. The number of methoxy groups -OCH3 is 1. The molecule has 0 heterocycles. The average molecular weight is 564 g/mol. The van der Waals surface area contributed by atoms with E-state index < -0.39 is 27.4 Å². The van der Waals surface area contributed by atoms with Crippen LogP contribution in [0.4, 0.5) is 11.4 Å². The minimum absolute atomic E-state index is 0.215. The van der Waals surface area contributed by atoms with Gasteiger partial charge in [0.15, 0.2) is 0 Å². The predicted octanol–water partition coefficient (Wildman–Crippen LogP) is 4.81. The zero-order valence-electron chi connectivity index (χ0n) is 20.2. The maximum Gasteiger partial charge on any atom is 0.273 e. The second-order valence-electron chi connectivity index (χ2n) is 7.91. The normalized spacial score (nSPS) is 11.1. The van der Waals surface area contributed by atoms with E-state index in [2.05, 4.69) is 5.32 Å². The first-order valence-electron chi connectivity index (χ1n) is 11.1. The van der Waals surface area contributed by atoms with Gasteiger partial charge >= 0.3 is 0 Å². The average Bonchev–Trinajstić information content (AvgIpc) is 2.88. The first-order valence-corrected chi connectivity index (χ1v) is 14.1. The van der Waals surface area contributed by atoms with Crippen molar-refractivity contribution in [3.63, 3.8) is 0 Å². The van der Waals surface area contributed by atoms with Gasteiger partial charge in [-0.1, -0.05) is 35.9 Å². The van der Waals surface area contributed by atoms with Gasteiger partial charge in [0.1, 0.15) is 12.3 Å². The van der Waals surface area contributed by atoms with Gasteiger partial charge in [0.2, 0.25) is 5.91 Å². The van der Waals surface area contributed by atoms with Gasteiger partial charge in [-0.2, -0.15) is 11.8 Å². The van der Waals surface area contributed by atoms with E-state index in [-0.39, 0.29) is 16.3 Å². The summed E-state index contributed by atoms with van der Waals surface area (Å²) in [6.45, 7) is 1.33. The number of aryl methyl sites for hydroxylation is 1. The van der Waals surface area contributed by atoms with Gasteiger partial charge in [-0.15, -0.1) is 0 Å². The molecule has 0 aliphatic rings. The summed E-state index contributed by atoms with van der Waals surface area (Å²) in [6.07, 6.45) is 0. The Hall–Kier alpha value is -3.28. The number of carbonyl (C=O) groups is 1. The number of nitro benzene ring substituents is 1. The van der Waals surface area contributed by atoms with Gasteiger partial charge in [-0.25, -0.2) is 8.42 Å². The monoisotopic (exact) mass is 563 g/mol. The van der Waals surface area contributed by atoms with Crippen LogP contribution in [-0.2, 0) is 20.6 Å². The molecule has 12 heteroatoms. The number of thioether (sulfide) groups is 1. The first-order chi connectivity index (χ1) is 17.6. The number of sulfonamides is 1. The fourth-order valence-electron chi connectivity index (χ4n) is 3.38. The molecule has 0 unspecified atom stereocenters. The minimum atomic E-state index is -4.31. The summed E-state index contributed by atoms with van der Waals surface area (Å²) in [4.78, 5) is 23.2. The van der Waals surface area contributed by atoms with Crippen LogP contribution >= 0.6 is 23.4 Å². The van der Waals surface area contributed by atoms with Crippen molar-refractivity contribution in [2.75, 3.05) is 30.3 Å². The number of carbonyl (C=O) groups excluding carboxylic acids is 1. The van der Waals surface area contributed by atoms with E-state index in [1.54, 1.807) is 23.9 Å². The number of nitrogens with one attached hydrogen (secondary N) is 1. The lowest BCUT2D eigenvalue weighted by Gasteiger charge is -2.24. The Kier molecular flexibility index (Phi) is 9.79. The maximum absolute atomic E-state index is 13.5. The fraction of sp³-hybridized carbons (Fsp3) is 0.240. The predicted molar refractivity (Wildman–Crippen MR) is 146 cm³/mol. The van der Waals surface area contributed by atoms with E-state index in [4.69, 9.17) is 16.3 Å². The molecule has 0 atom stereocenters. The van der Waals surface area contributed by atoms with E-state index >= 15 is 0 Å². The molecule has 37 heavy (non-hydrogen) atoms. The number of ether oxygens (including phenoxy) is 1. The number of amides is 1. The van der Waals surface area contributed by atoms with Crippen molar-refractivity contribution in [1.82, 2.24) is 5.32 Å². The number of halogens is 1. The molecule has 3 aromatic rings. The van der Waals surface area contributed by atoms with Crippen molar-refractivity contribution in [3.05, 3.63) is 93.0 Å². The molecule has 0 saturated carbocycles. The van der Waals surface area contributed by atoms with Crippen LogP contribution in [0.5, 0.6) is 5.75 Å². The Morgan fingerprint density at radius 2 is 1.84 bits per heavy atom. The molecule has 3 rings (SSSR count). The molecule has 1 amide bonds. The molecule has 0 aliphatic carbocycles. The zero-order valence-corrected chi connectivity index (χ0v) is 22.6. The van der Waals surface area contributed by atoms with E-state index in [1.165, 1.54) is 38.3 Å². The highest BCUT2D eigenvalue weighted by molar-refractivity contribution is 7.98. The summed E-state index contributed by atoms with van der Waals surface area (Å²) >= 11 is 7.74. The van der Waals surface area contributed by atoms with Gasteiger partial charge in [0, 0.05) is 34.7 Å². The lowest BCUT2D eigenvalue weighted by Crippen LogP contribution is -2.41. The van der Waals surface area contributed by atoms with Crippen LogP contribution in [0.2, 0.25) is 5.02 Å². The molecule has 9 nitrogen and oxygen atoms in total. The van der Waals surface area contributed by atoms with Gasteiger partial charge in [0.25, 0.3) is 15.7 Å². The Morgan fingerprint density at radius 3 is 2.49 bits per heavy atom. The van der Waals surface area contributed by atoms with E-state index in [0.29, 0.717) is 34.4 Å². The summed E-state index contributed by atoms with van der Waals surface area (Å²) in [5.74, 6) is 1.26. The number of benzene rings is 3. The molecule has 0 aliphatic heterocycles. The van der Waals surface area contributed by atoms with Crippen LogP contribution in [0.3, 0.4) is 0 Å². The molecule has 0 bridgehead atoms. The maximum atomic E-state index is 13.5. The van der Waals surface area contributed by atoms with Crippen LogP contribution in [0.1, 0.15) is 11.1 Å². The van der Waals surface area contributed by atoms with Crippen molar-refractivity contribution in [2.24, 2.45) is 0 Å². The molecule has 196 valence electrons. The largest absolute Gasteiger partial charge is 0.497 e. The fourth-order valence-corrected chi connectivity index (χ4v) is 5.97. The van der Waals surface area contributed by atoms with Crippen molar-refractivity contribution in [1.29, 1.82) is 0 Å². The van der Waals surface area contributed by atoms with Crippen LogP contribution in [0.25, 0.3) is 0 Å². The lowest BCUT2D eigenvalue weighted by molar-refractivity contribution is -0.385. The summed E-state index contributed by atoms with van der Waals surface area (Å²) in [6, 6.07) is 17.3. The standard InChI is InChI=1S/C25H26ClN3O6S2/c1-18-7-12-22(15-24(18)29(31)32)37(33,34)28(20-8-10-21(35-2)11-9-20)16-25(30)27-13-14-36-17-19-5-3-4-6-23(19)26/h3-12,15H,13-14,16-17H2,1-2H3,(H,27,30). The molecular weight excluding hydrogens is 538 g/mol. The third kappa shape index (κ3) is 7.37. The first kappa shape index (κ1) is 28.3. The van der Waals surface area contributed by atoms with Gasteiger partial charge in [-0.3, -0.25) is 19.2 Å². The summed E-state index contributed by atoms with van der Waals surface area (Å²) in [5, 5.41) is 14.8.